The highest BCUT2D eigenvalue weighted by Gasteiger charge is 2.38. The van der Waals surface area contributed by atoms with Gasteiger partial charge in [-0.15, -0.1) is 5.10 Å². The molecule has 1 aliphatic heterocycles. The van der Waals surface area contributed by atoms with Crippen LogP contribution in [-0.2, 0) is 6.18 Å². The number of alkyl halides is 3. The highest BCUT2D eigenvalue weighted by Crippen LogP contribution is 2.32. The van der Waals surface area contributed by atoms with Crippen molar-refractivity contribution in [1.82, 2.24) is 25.0 Å². The number of rotatable bonds is 4. The zero-order chi connectivity index (χ0) is 18.4. The van der Waals surface area contributed by atoms with Crippen molar-refractivity contribution < 1.29 is 18.0 Å². The van der Waals surface area contributed by atoms with Crippen LogP contribution in [0.5, 0.6) is 0 Å². The van der Waals surface area contributed by atoms with Crippen LogP contribution in [-0.4, -0.2) is 57.9 Å². The van der Waals surface area contributed by atoms with E-state index in [1.54, 1.807) is 23.7 Å². The van der Waals surface area contributed by atoms with Gasteiger partial charge in [0, 0.05) is 40.2 Å². The van der Waals surface area contributed by atoms with Crippen LogP contribution in [0.4, 0.5) is 24.8 Å². The molecule has 0 saturated carbocycles. The van der Waals surface area contributed by atoms with E-state index in [4.69, 9.17) is 0 Å². The molecule has 0 atom stereocenters. The Morgan fingerprint density at radius 3 is 2.48 bits per heavy atom. The van der Waals surface area contributed by atoms with E-state index in [0.717, 1.165) is 0 Å². The minimum absolute atomic E-state index is 0.0762. The third-order valence-corrected chi connectivity index (χ3v) is 3.84. The van der Waals surface area contributed by atoms with Gasteiger partial charge in [0.1, 0.15) is 17.3 Å². The summed E-state index contributed by atoms with van der Waals surface area (Å²) in [6.45, 7) is 2.23. The predicted octanol–water partition coefficient (Wildman–Crippen LogP) is 1.42. The summed E-state index contributed by atoms with van der Waals surface area (Å²) in [7, 11) is 3.23. The summed E-state index contributed by atoms with van der Waals surface area (Å²) in [6, 6.07) is 1.43. The van der Waals surface area contributed by atoms with E-state index in [2.05, 4.69) is 20.3 Å². The van der Waals surface area contributed by atoms with Crippen molar-refractivity contribution in [3.63, 3.8) is 0 Å². The molecule has 0 aromatic carbocycles. The van der Waals surface area contributed by atoms with Gasteiger partial charge in [0.05, 0.1) is 12.2 Å². The molecule has 0 unspecified atom stereocenters. The van der Waals surface area contributed by atoms with Gasteiger partial charge in [-0.05, 0) is 0 Å². The molecule has 3 rings (SSSR count). The number of carbonyl (C=O) groups is 1. The lowest BCUT2D eigenvalue weighted by Gasteiger charge is -2.40. The van der Waals surface area contributed by atoms with E-state index in [1.165, 1.54) is 24.1 Å². The summed E-state index contributed by atoms with van der Waals surface area (Å²) in [4.78, 5) is 21.6. The maximum absolute atomic E-state index is 13.0. The monoisotopic (exact) mass is 355 g/mol. The quantitative estimate of drug-likeness (QED) is 0.767. The number of nitrogens with zero attached hydrogens (tertiary/aromatic N) is 7. The molecule has 1 aliphatic rings. The lowest BCUT2D eigenvalue weighted by molar-refractivity contribution is -0.144. The minimum atomic E-state index is -4.62. The number of carbonyl (C=O) groups excluding carboxylic acids is 1. The van der Waals surface area contributed by atoms with Gasteiger partial charge in [0.2, 0.25) is 5.82 Å². The fraction of sp³-hybridized carbons (Fsp3) is 0.500. The van der Waals surface area contributed by atoms with Gasteiger partial charge in [0.15, 0.2) is 5.78 Å². The highest BCUT2D eigenvalue weighted by molar-refractivity contribution is 5.91. The molecule has 25 heavy (non-hydrogen) atoms. The first-order valence-corrected chi connectivity index (χ1v) is 7.46. The summed E-state index contributed by atoms with van der Waals surface area (Å²) >= 11 is 0. The van der Waals surface area contributed by atoms with Crippen LogP contribution >= 0.6 is 0 Å². The van der Waals surface area contributed by atoms with Gasteiger partial charge in [-0.25, -0.2) is 14.6 Å². The van der Waals surface area contributed by atoms with Crippen molar-refractivity contribution in [3.05, 3.63) is 23.8 Å². The van der Waals surface area contributed by atoms with Crippen LogP contribution in [0, 0.1) is 0 Å². The van der Waals surface area contributed by atoms with Crippen molar-refractivity contribution in [2.24, 2.45) is 0 Å². The zero-order valence-electron chi connectivity index (χ0n) is 13.8. The number of ketones is 1. The number of halogens is 3. The fourth-order valence-corrected chi connectivity index (χ4v) is 2.37. The van der Waals surface area contributed by atoms with Gasteiger partial charge in [-0.3, -0.25) is 4.79 Å². The normalized spacial score (nSPS) is 15.2. The molecule has 8 nitrogen and oxygen atoms in total. The summed E-state index contributed by atoms with van der Waals surface area (Å²) < 4.78 is 40.5. The van der Waals surface area contributed by atoms with Crippen LogP contribution in [0.2, 0.25) is 0 Å². The molecule has 11 heteroatoms. The maximum atomic E-state index is 13.0. The van der Waals surface area contributed by atoms with Crippen molar-refractivity contribution >= 4 is 17.4 Å². The van der Waals surface area contributed by atoms with E-state index in [0.29, 0.717) is 13.1 Å². The van der Waals surface area contributed by atoms with E-state index >= 15 is 0 Å². The molecule has 0 radical (unpaired) electrons. The van der Waals surface area contributed by atoms with Crippen LogP contribution in [0.1, 0.15) is 29.3 Å². The molecule has 134 valence electrons. The first-order valence-electron chi connectivity index (χ1n) is 7.46. The first kappa shape index (κ1) is 17.1. The van der Waals surface area contributed by atoms with E-state index in [9.17, 15) is 18.0 Å². The fourth-order valence-electron chi connectivity index (χ4n) is 2.37. The molecular weight excluding hydrogens is 339 g/mol. The van der Waals surface area contributed by atoms with Gasteiger partial charge < -0.3 is 9.80 Å². The third-order valence-electron chi connectivity index (χ3n) is 3.84. The second-order valence-electron chi connectivity index (χ2n) is 6.00. The lowest BCUT2D eigenvalue weighted by Crippen LogP contribution is -2.48. The highest BCUT2D eigenvalue weighted by atomic mass is 19.4. The molecule has 2 aromatic rings. The Bertz CT molecular complexity index is 796. The SMILES string of the molecule is CC(=O)c1cn(C2CN(c3cc(N(C)C)nc(C(F)(F)F)n3)C2)nn1. The maximum Gasteiger partial charge on any atom is 0.451 e. The van der Waals surface area contributed by atoms with Crippen LogP contribution in [0.25, 0.3) is 0 Å². The topological polar surface area (TPSA) is 80.0 Å². The third kappa shape index (κ3) is 3.39. The van der Waals surface area contributed by atoms with Gasteiger partial charge in [-0.1, -0.05) is 5.21 Å². The molecule has 0 aliphatic carbocycles. The molecule has 1 fully saturated rings. The molecule has 1 saturated heterocycles. The molecule has 0 N–H and O–H groups in total. The second-order valence-corrected chi connectivity index (χ2v) is 6.00. The molecule has 2 aromatic heterocycles. The van der Waals surface area contributed by atoms with Crippen LogP contribution in [0.15, 0.2) is 12.3 Å². The molecule has 3 heterocycles. The summed E-state index contributed by atoms with van der Waals surface area (Å²) in [5.41, 5.74) is 0.259. The van der Waals surface area contributed by atoms with E-state index < -0.39 is 12.0 Å². The minimum Gasteiger partial charge on any atom is -0.363 e. The predicted molar refractivity (Wildman–Crippen MR) is 82.6 cm³/mol. The number of hydrogen-bond donors (Lipinski definition) is 0. The summed E-state index contributed by atoms with van der Waals surface area (Å²) in [6.07, 6.45) is -3.08. The lowest BCUT2D eigenvalue weighted by atomic mass is 10.1. The van der Waals surface area contributed by atoms with Crippen LogP contribution in [0.3, 0.4) is 0 Å². The molecule has 0 bridgehead atoms. The molecular formula is C14H16F3N7O. The van der Waals surface area contributed by atoms with Gasteiger partial charge in [-0.2, -0.15) is 13.2 Å². The Morgan fingerprint density at radius 1 is 1.28 bits per heavy atom. The van der Waals surface area contributed by atoms with E-state index in [1.807, 2.05) is 0 Å². The first-order chi connectivity index (χ1) is 11.6. The Morgan fingerprint density at radius 2 is 1.96 bits per heavy atom. The van der Waals surface area contributed by atoms with Gasteiger partial charge >= 0.3 is 6.18 Å². The smallest absolute Gasteiger partial charge is 0.363 e. The van der Waals surface area contributed by atoms with Crippen molar-refractivity contribution in [2.75, 3.05) is 37.0 Å². The Hall–Kier alpha value is -2.72. The summed E-state index contributed by atoms with van der Waals surface area (Å²) in [5, 5.41) is 7.65. The largest absolute Gasteiger partial charge is 0.451 e. The number of anilines is 2. The van der Waals surface area contributed by atoms with E-state index in [-0.39, 0.29) is 29.2 Å². The zero-order valence-corrected chi connectivity index (χ0v) is 13.8. The molecule has 0 amide bonds. The number of Topliss-reactive ketones (excluding diaryl/α,β-unsaturated/α-hetero) is 1. The Labute approximate surface area is 141 Å². The standard InChI is InChI=1S/C14H16F3N7O/c1-8(25)10-7-24(21-20-10)9-5-23(6-9)12-4-11(22(2)3)18-13(19-12)14(15,16)17/h4,7,9H,5-6H2,1-3H3. The number of hydrogen-bond acceptors (Lipinski definition) is 7. The van der Waals surface area contributed by atoms with Crippen molar-refractivity contribution in [1.29, 1.82) is 0 Å². The van der Waals surface area contributed by atoms with Crippen molar-refractivity contribution in [2.45, 2.75) is 19.1 Å². The molecule has 0 spiro atoms. The van der Waals surface area contributed by atoms with Crippen molar-refractivity contribution in [3.8, 4) is 0 Å². The van der Waals surface area contributed by atoms with Crippen LogP contribution < -0.4 is 9.80 Å². The Kier molecular flexibility index (Phi) is 4.09. The second kappa shape index (κ2) is 5.97. The number of aromatic nitrogens is 5. The Balaban J connectivity index is 1.79. The average Bonchev–Trinajstić information content (AvgIpc) is 2.94. The van der Waals surface area contributed by atoms with Gasteiger partial charge in [0.25, 0.3) is 0 Å². The summed E-state index contributed by atoms with van der Waals surface area (Å²) in [5.74, 6) is -0.977. The average molecular weight is 355 g/mol.